The number of rotatable bonds is 4. The molecule has 1 heterocycles. The topological polar surface area (TPSA) is 47.0 Å². The molecule has 0 atom stereocenters. The van der Waals surface area contributed by atoms with E-state index in [1.807, 2.05) is 36.5 Å². The number of aromatic amines is 1. The molecule has 0 spiro atoms. The van der Waals surface area contributed by atoms with Gasteiger partial charge in [-0.05, 0) is 5.56 Å². The van der Waals surface area contributed by atoms with Gasteiger partial charge in [0.05, 0.1) is 18.8 Å². The Hall–Kier alpha value is -1.81. The zero-order valence-corrected chi connectivity index (χ0v) is 9.14. The van der Waals surface area contributed by atoms with Crippen LogP contribution in [-0.4, -0.2) is 23.3 Å². The molecule has 4 nitrogen and oxygen atoms in total. The zero-order valence-electron chi connectivity index (χ0n) is 9.14. The molecule has 0 radical (unpaired) electrons. The first-order valence-electron chi connectivity index (χ1n) is 5.15. The highest BCUT2D eigenvalue weighted by atomic mass is 16.5. The molecule has 16 heavy (non-hydrogen) atoms. The second-order valence-electron chi connectivity index (χ2n) is 3.53. The Balaban J connectivity index is 2.28. The maximum atomic E-state index is 11.6. The van der Waals surface area contributed by atoms with Gasteiger partial charge in [-0.3, -0.25) is 4.57 Å². The van der Waals surface area contributed by atoms with Gasteiger partial charge in [0, 0.05) is 13.3 Å². The van der Waals surface area contributed by atoms with E-state index >= 15 is 0 Å². The van der Waals surface area contributed by atoms with Crippen molar-refractivity contribution in [2.45, 2.75) is 6.54 Å². The summed E-state index contributed by atoms with van der Waals surface area (Å²) in [6.45, 7) is 1.10. The lowest BCUT2D eigenvalue weighted by molar-refractivity contribution is 0.186. The SMILES string of the molecule is COCCn1cc(-c2ccccc2)[nH]c1=O. The number of H-pyrrole nitrogens is 1. The molecule has 84 valence electrons. The summed E-state index contributed by atoms with van der Waals surface area (Å²) in [4.78, 5) is 14.4. The molecule has 0 aliphatic heterocycles. The summed E-state index contributed by atoms with van der Waals surface area (Å²) < 4.78 is 6.56. The van der Waals surface area contributed by atoms with E-state index in [2.05, 4.69) is 4.98 Å². The monoisotopic (exact) mass is 218 g/mol. The Labute approximate surface area is 93.5 Å². The molecule has 0 amide bonds. The predicted molar refractivity (Wildman–Crippen MR) is 62.4 cm³/mol. The first kappa shape index (κ1) is 10.7. The summed E-state index contributed by atoms with van der Waals surface area (Å²) in [5.41, 5.74) is 1.74. The Morgan fingerprint density at radius 1 is 1.31 bits per heavy atom. The van der Waals surface area contributed by atoms with Crippen molar-refractivity contribution in [3.05, 3.63) is 47.0 Å². The molecule has 1 N–H and O–H groups in total. The standard InChI is InChI=1S/C12H14N2O2/c1-16-8-7-14-9-11(13-12(14)15)10-5-3-2-4-6-10/h2-6,9H,7-8H2,1H3,(H,13,15). The minimum absolute atomic E-state index is 0.101. The van der Waals surface area contributed by atoms with Crippen molar-refractivity contribution in [3.8, 4) is 11.3 Å². The molecule has 2 aromatic rings. The smallest absolute Gasteiger partial charge is 0.326 e. The third-order valence-corrected chi connectivity index (χ3v) is 2.41. The van der Waals surface area contributed by atoms with Gasteiger partial charge in [0.15, 0.2) is 0 Å². The van der Waals surface area contributed by atoms with E-state index < -0.39 is 0 Å². The number of ether oxygens (including phenoxy) is 1. The lowest BCUT2D eigenvalue weighted by Crippen LogP contribution is -2.18. The van der Waals surface area contributed by atoms with E-state index in [-0.39, 0.29) is 5.69 Å². The first-order valence-corrected chi connectivity index (χ1v) is 5.15. The maximum Gasteiger partial charge on any atom is 0.326 e. The van der Waals surface area contributed by atoms with Crippen LogP contribution in [0, 0.1) is 0 Å². The van der Waals surface area contributed by atoms with Crippen molar-refractivity contribution in [2.75, 3.05) is 13.7 Å². The normalized spacial score (nSPS) is 10.6. The molecule has 0 aliphatic rings. The molecule has 2 rings (SSSR count). The van der Waals surface area contributed by atoms with Gasteiger partial charge in [-0.2, -0.15) is 0 Å². The maximum absolute atomic E-state index is 11.6. The lowest BCUT2D eigenvalue weighted by atomic mass is 10.2. The van der Waals surface area contributed by atoms with Crippen LogP contribution in [0.15, 0.2) is 41.3 Å². The van der Waals surface area contributed by atoms with Gasteiger partial charge in [-0.1, -0.05) is 30.3 Å². The highest BCUT2D eigenvalue weighted by Gasteiger charge is 2.03. The first-order chi connectivity index (χ1) is 7.81. The fourth-order valence-electron chi connectivity index (χ4n) is 1.55. The number of benzene rings is 1. The predicted octanol–water partition coefficient (Wildman–Crippen LogP) is 1.49. The Bertz CT molecular complexity index is 499. The molecular formula is C12H14N2O2. The number of nitrogens with zero attached hydrogens (tertiary/aromatic N) is 1. The van der Waals surface area contributed by atoms with Gasteiger partial charge in [0.2, 0.25) is 0 Å². The van der Waals surface area contributed by atoms with Crippen molar-refractivity contribution < 1.29 is 4.74 Å². The summed E-state index contributed by atoms with van der Waals surface area (Å²) in [6, 6.07) is 9.77. The summed E-state index contributed by atoms with van der Waals surface area (Å²) in [7, 11) is 1.62. The fourth-order valence-corrected chi connectivity index (χ4v) is 1.55. The number of hydrogen-bond acceptors (Lipinski definition) is 2. The Morgan fingerprint density at radius 3 is 2.75 bits per heavy atom. The highest BCUT2D eigenvalue weighted by molar-refractivity contribution is 5.57. The average Bonchev–Trinajstić information content (AvgIpc) is 2.69. The van der Waals surface area contributed by atoms with Crippen LogP contribution in [0.5, 0.6) is 0 Å². The van der Waals surface area contributed by atoms with E-state index in [0.29, 0.717) is 13.2 Å². The van der Waals surface area contributed by atoms with Gasteiger partial charge in [0.25, 0.3) is 0 Å². The summed E-state index contributed by atoms with van der Waals surface area (Å²) in [5, 5.41) is 0. The third kappa shape index (κ3) is 2.23. The van der Waals surface area contributed by atoms with Crippen molar-refractivity contribution in [1.29, 1.82) is 0 Å². The molecule has 0 fully saturated rings. The molecule has 1 aromatic heterocycles. The van der Waals surface area contributed by atoms with Crippen LogP contribution in [-0.2, 0) is 11.3 Å². The van der Waals surface area contributed by atoms with Crippen molar-refractivity contribution in [2.24, 2.45) is 0 Å². The molecular weight excluding hydrogens is 204 g/mol. The summed E-state index contributed by atoms with van der Waals surface area (Å²) in [5.74, 6) is 0. The van der Waals surface area contributed by atoms with Crippen LogP contribution < -0.4 is 5.69 Å². The van der Waals surface area contributed by atoms with E-state index in [9.17, 15) is 4.79 Å². The quantitative estimate of drug-likeness (QED) is 0.845. The van der Waals surface area contributed by atoms with E-state index in [1.54, 1.807) is 11.7 Å². The van der Waals surface area contributed by atoms with Crippen LogP contribution >= 0.6 is 0 Å². The molecule has 0 saturated carbocycles. The van der Waals surface area contributed by atoms with Gasteiger partial charge < -0.3 is 9.72 Å². The van der Waals surface area contributed by atoms with Gasteiger partial charge in [0.1, 0.15) is 0 Å². The Morgan fingerprint density at radius 2 is 2.06 bits per heavy atom. The second-order valence-corrected chi connectivity index (χ2v) is 3.53. The van der Waals surface area contributed by atoms with E-state index in [0.717, 1.165) is 11.3 Å². The minimum atomic E-state index is -0.101. The molecule has 4 heteroatoms. The number of hydrogen-bond donors (Lipinski definition) is 1. The lowest BCUT2D eigenvalue weighted by Gasteiger charge is -1.98. The third-order valence-electron chi connectivity index (χ3n) is 2.41. The summed E-state index contributed by atoms with van der Waals surface area (Å²) >= 11 is 0. The van der Waals surface area contributed by atoms with Crippen LogP contribution in [0.1, 0.15) is 0 Å². The van der Waals surface area contributed by atoms with Crippen LogP contribution in [0.3, 0.4) is 0 Å². The van der Waals surface area contributed by atoms with Crippen molar-refractivity contribution >= 4 is 0 Å². The minimum Gasteiger partial charge on any atom is -0.383 e. The van der Waals surface area contributed by atoms with E-state index in [1.165, 1.54) is 0 Å². The number of nitrogens with one attached hydrogen (secondary N) is 1. The van der Waals surface area contributed by atoms with Gasteiger partial charge >= 0.3 is 5.69 Å². The second kappa shape index (κ2) is 4.81. The molecule has 0 saturated heterocycles. The fraction of sp³-hybridized carbons (Fsp3) is 0.250. The highest BCUT2D eigenvalue weighted by Crippen LogP contribution is 2.14. The average molecular weight is 218 g/mol. The molecule has 1 aromatic carbocycles. The van der Waals surface area contributed by atoms with Gasteiger partial charge in [-0.25, -0.2) is 4.79 Å². The number of imidazole rings is 1. The van der Waals surface area contributed by atoms with Crippen LogP contribution in [0.4, 0.5) is 0 Å². The zero-order chi connectivity index (χ0) is 11.4. The van der Waals surface area contributed by atoms with Crippen molar-refractivity contribution in [1.82, 2.24) is 9.55 Å². The van der Waals surface area contributed by atoms with Crippen molar-refractivity contribution in [3.63, 3.8) is 0 Å². The number of methoxy groups -OCH3 is 1. The summed E-state index contributed by atoms with van der Waals surface area (Å²) in [6.07, 6.45) is 1.82. The molecule has 0 bridgehead atoms. The van der Waals surface area contributed by atoms with Gasteiger partial charge in [-0.15, -0.1) is 0 Å². The number of aromatic nitrogens is 2. The molecule has 0 unspecified atom stereocenters. The van der Waals surface area contributed by atoms with E-state index in [4.69, 9.17) is 4.74 Å². The largest absolute Gasteiger partial charge is 0.383 e. The van der Waals surface area contributed by atoms with Crippen LogP contribution in [0.25, 0.3) is 11.3 Å². The molecule has 0 aliphatic carbocycles. The van der Waals surface area contributed by atoms with Crippen LogP contribution in [0.2, 0.25) is 0 Å². The Kier molecular flexibility index (Phi) is 3.22.